The topological polar surface area (TPSA) is 102 Å². The monoisotopic (exact) mass is 244 g/mol. The number of fused-ring (bicyclic) bond motifs is 1. The highest BCUT2D eigenvalue weighted by Crippen LogP contribution is 2.28. The van der Waals surface area contributed by atoms with Crippen molar-refractivity contribution in [1.29, 1.82) is 0 Å². The van der Waals surface area contributed by atoms with Crippen molar-refractivity contribution in [3.8, 4) is 11.7 Å². The van der Waals surface area contributed by atoms with E-state index >= 15 is 0 Å². The second-order valence-electron chi connectivity index (χ2n) is 3.74. The minimum absolute atomic E-state index is 0.127. The van der Waals surface area contributed by atoms with Crippen molar-refractivity contribution in [3.05, 3.63) is 36.2 Å². The van der Waals surface area contributed by atoms with E-state index in [9.17, 15) is 4.79 Å². The van der Waals surface area contributed by atoms with Gasteiger partial charge in [0.15, 0.2) is 5.76 Å². The van der Waals surface area contributed by atoms with Gasteiger partial charge in [-0.05, 0) is 18.2 Å². The molecule has 3 N–H and O–H groups in total. The molecule has 1 aromatic carbocycles. The molecular formula is C12H8N2O4. The van der Waals surface area contributed by atoms with E-state index in [1.807, 2.05) is 0 Å². The zero-order valence-corrected chi connectivity index (χ0v) is 9.08. The fraction of sp³-hybridized carbons (Fsp3) is 0. The number of furan rings is 1. The number of carboxylic acids is 1. The molecule has 0 amide bonds. The van der Waals surface area contributed by atoms with Gasteiger partial charge in [-0.25, -0.2) is 9.78 Å². The van der Waals surface area contributed by atoms with Gasteiger partial charge in [-0.1, -0.05) is 0 Å². The first-order chi connectivity index (χ1) is 8.63. The van der Waals surface area contributed by atoms with E-state index in [1.54, 1.807) is 24.3 Å². The molecule has 2 heterocycles. The van der Waals surface area contributed by atoms with Crippen LogP contribution in [0.2, 0.25) is 0 Å². The number of hydrogen-bond donors (Lipinski definition) is 2. The fourth-order valence-corrected chi connectivity index (χ4v) is 1.64. The molecule has 0 aliphatic carbocycles. The van der Waals surface area contributed by atoms with Gasteiger partial charge in [0.1, 0.15) is 5.58 Å². The van der Waals surface area contributed by atoms with Gasteiger partial charge in [0.25, 0.3) is 5.89 Å². The second kappa shape index (κ2) is 3.63. The van der Waals surface area contributed by atoms with E-state index in [4.69, 9.17) is 19.7 Å². The highest BCUT2D eigenvalue weighted by atomic mass is 16.4. The van der Waals surface area contributed by atoms with Crippen LogP contribution in [-0.4, -0.2) is 16.1 Å². The molecule has 0 saturated carbocycles. The minimum Gasteiger partial charge on any atom is -0.475 e. The predicted molar refractivity (Wildman–Crippen MR) is 63.1 cm³/mol. The van der Waals surface area contributed by atoms with Crippen LogP contribution in [0.15, 0.2) is 39.3 Å². The number of oxazole rings is 1. The molecule has 0 aliphatic heterocycles. The smallest absolute Gasteiger partial charge is 0.373 e. The standard InChI is InChI=1S/C12H8N2O4/c13-7-2-1-6-3-9(17-8(6)4-7)11-14-5-10(18-11)12(15)16/h1-5H,13H2,(H,15,16). The Morgan fingerprint density at radius 1 is 1.28 bits per heavy atom. The summed E-state index contributed by atoms with van der Waals surface area (Å²) in [5, 5.41) is 9.58. The number of carboxylic acid groups (broad SMARTS) is 1. The van der Waals surface area contributed by atoms with E-state index in [1.165, 1.54) is 0 Å². The molecule has 0 saturated heterocycles. The summed E-state index contributed by atoms with van der Waals surface area (Å²) in [5.41, 5.74) is 6.82. The average molecular weight is 244 g/mol. The highest BCUT2D eigenvalue weighted by molar-refractivity contribution is 5.86. The van der Waals surface area contributed by atoms with E-state index in [2.05, 4.69) is 4.98 Å². The Labute approximate surface area is 101 Å². The lowest BCUT2D eigenvalue weighted by molar-refractivity contribution is 0.0663. The van der Waals surface area contributed by atoms with Crippen LogP contribution in [0.5, 0.6) is 0 Å². The zero-order valence-electron chi connectivity index (χ0n) is 9.08. The maximum atomic E-state index is 10.7. The van der Waals surface area contributed by atoms with Crippen LogP contribution in [0.1, 0.15) is 10.6 Å². The summed E-state index contributed by atoms with van der Waals surface area (Å²) in [6.07, 6.45) is 1.14. The third-order valence-corrected chi connectivity index (χ3v) is 2.47. The van der Waals surface area contributed by atoms with Crippen LogP contribution in [0.25, 0.3) is 22.6 Å². The molecule has 0 bridgehead atoms. The summed E-state index contributed by atoms with van der Waals surface area (Å²) in [6.45, 7) is 0. The quantitative estimate of drug-likeness (QED) is 0.671. The summed E-state index contributed by atoms with van der Waals surface area (Å²) in [6, 6.07) is 6.95. The lowest BCUT2D eigenvalue weighted by Gasteiger charge is -1.90. The first kappa shape index (κ1) is 10.4. The van der Waals surface area contributed by atoms with Gasteiger partial charge in [-0.15, -0.1) is 0 Å². The fourth-order valence-electron chi connectivity index (χ4n) is 1.64. The van der Waals surface area contributed by atoms with Gasteiger partial charge < -0.3 is 19.7 Å². The summed E-state index contributed by atoms with van der Waals surface area (Å²) in [5.74, 6) is -0.913. The Morgan fingerprint density at radius 3 is 2.83 bits per heavy atom. The normalized spacial score (nSPS) is 10.9. The van der Waals surface area contributed by atoms with Crippen LogP contribution in [0, 0.1) is 0 Å². The SMILES string of the molecule is Nc1ccc2cc(-c3ncc(C(=O)O)o3)oc2c1. The van der Waals surface area contributed by atoms with Crippen molar-refractivity contribution in [2.45, 2.75) is 0 Å². The Kier molecular flexibility index (Phi) is 2.09. The van der Waals surface area contributed by atoms with Crippen molar-refractivity contribution < 1.29 is 18.7 Å². The number of aromatic carboxylic acids is 1. The second-order valence-corrected chi connectivity index (χ2v) is 3.74. The zero-order chi connectivity index (χ0) is 12.7. The number of aromatic nitrogens is 1. The van der Waals surface area contributed by atoms with Gasteiger partial charge in [0.05, 0.1) is 6.20 Å². The highest BCUT2D eigenvalue weighted by Gasteiger charge is 2.15. The first-order valence-corrected chi connectivity index (χ1v) is 5.12. The molecule has 3 rings (SSSR count). The molecule has 90 valence electrons. The van der Waals surface area contributed by atoms with E-state index in [0.717, 1.165) is 11.6 Å². The van der Waals surface area contributed by atoms with Gasteiger partial charge in [0.2, 0.25) is 5.76 Å². The molecule has 0 unspecified atom stereocenters. The molecule has 0 radical (unpaired) electrons. The van der Waals surface area contributed by atoms with Crippen molar-refractivity contribution in [2.24, 2.45) is 0 Å². The first-order valence-electron chi connectivity index (χ1n) is 5.12. The number of rotatable bonds is 2. The van der Waals surface area contributed by atoms with E-state index in [0.29, 0.717) is 17.0 Å². The molecular weight excluding hydrogens is 236 g/mol. The van der Waals surface area contributed by atoms with Gasteiger partial charge >= 0.3 is 5.97 Å². The van der Waals surface area contributed by atoms with Crippen LogP contribution in [0.3, 0.4) is 0 Å². The third kappa shape index (κ3) is 1.60. The van der Waals surface area contributed by atoms with Gasteiger partial charge in [-0.2, -0.15) is 0 Å². The van der Waals surface area contributed by atoms with Crippen molar-refractivity contribution >= 4 is 22.6 Å². The van der Waals surface area contributed by atoms with Crippen molar-refractivity contribution in [3.63, 3.8) is 0 Å². The van der Waals surface area contributed by atoms with E-state index in [-0.39, 0.29) is 11.7 Å². The van der Waals surface area contributed by atoms with Gasteiger partial charge in [0, 0.05) is 17.1 Å². The molecule has 0 fully saturated rings. The summed E-state index contributed by atoms with van der Waals surface area (Å²) in [7, 11) is 0. The molecule has 0 atom stereocenters. The lowest BCUT2D eigenvalue weighted by atomic mass is 10.2. The van der Waals surface area contributed by atoms with Crippen LogP contribution in [-0.2, 0) is 0 Å². The summed E-state index contributed by atoms with van der Waals surface area (Å²) >= 11 is 0. The number of carbonyl (C=O) groups is 1. The van der Waals surface area contributed by atoms with E-state index < -0.39 is 5.97 Å². The molecule has 3 aromatic rings. The van der Waals surface area contributed by atoms with Crippen molar-refractivity contribution in [2.75, 3.05) is 5.73 Å². The number of nitrogens with two attached hydrogens (primary N) is 1. The Morgan fingerprint density at radius 2 is 2.11 bits per heavy atom. The number of hydrogen-bond acceptors (Lipinski definition) is 5. The largest absolute Gasteiger partial charge is 0.475 e. The predicted octanol–water partition coefficient (Wildman–Crippen LogP) is 2.37. The summed E-state index contributed by atoms with van der Waals surface area (Å²) < 4.78 is 10.6. The molecule has 18 heavy (non-hydrogen) atoms. The van der Waals surface area contributed by atoms with Crippen LogP contribution in [0.4, 0.5) is 5.69 Å². The molecule has 0 aliphatic rings. The maximum absolute atomic E-state index is 10.7. The van der Waals surface area contributed by atoms with Crippen LogP contribution >= 0.6 is 0 Å². The Balaban J connectivity index is 2.10. The van der Waals surface area contributed by atoms with Crippen molar-refractivity contribution in [1.82, 2.24) is 4.98 Å². The third-order valence-electron chi connectivity index (χ3n) is 2.47. The number of nitrogen functional groups attached to an aromatic ring is 1. The number of benzene rings is 1. The molecule has 6 nitrogen and oxygen atoms in total. The maximum Gasteiger partial charge on any atom is 0.373 e. The number of nitrogens with zero attached hydrogens (tertiary/aromatic N) is 1. The molecule has 2 aromatic heterocycles. The average Bonchev–Trinajstić information content (AvgIpc) is 2.93. The lowest BCUT2D eigenvalue weighted by Crippen LogP contribution is -1.91. The number of anilines is 1. The minimum atomic E-state index is -1.17. The van der Waals surface area contributed by atoms with Gasteiger partial charge in [-0.3, -0.25) is 0 Å². The van der Waals surface area contributed by atoms with Crippen LogP contribution < -0.4 is 5.73 Å². The Bertz CT molecular complexity index is 741. The molecule has 6 heteroatoms. The summed E-state index contributed by atoms with van der Waals surface area (Å²) in [4.78, 5) is 14.5. The molecule has 0 spiro atoms. The Hall–Kier alpha value is -2.76.